The molecule has 1 fully saturated rings. The zero-order valence-electron chi connectivity index (χ0n) is 13.7. The lowest BCUT2D eigenvalue weighted by atomic mass is 9.88. The Morgan fingerprint density at radius 3 is 2.74 bits per heavy atom. The van der Waals surface area contributed by atoms with Crippen molar-refractivity contribution in [1.82, 2.24) is 15.1 Å². The second kappa shape index (κ2) is 6.86. The minimum absolute atomic E-state index is 0.0193. The van der Waals surface area contributed by atoms with E-state index in [4.69, 9.17) is 4.74 Å². The van der Waals surface area contributed by atoms with Crippen LogP contribution in [0.4, 0.5) is 0 Å². The standard InChI is InChI=1S/C18H23N3O2/c1-3-23-17-7-5-4-6-15(17)14-8-10-21(11-9-14)18(22)16-12-13(2)19-20-16/h4-7,12,14H,3,8-11H2,1-2H3,(H,19,20). The molecular formula is C18H23N3O2. The van der Waals surface area contributed by atoms with Crippen LogP contribution in [0.15, 0.2) is 30.3 Å². The van der Waals surface area contributed by atoms with Gasteiger partial charge in [0, 0.05) is 18.8 Å². The molecule has 3 rings (SSSR count). The van der Waals surface area contributed by atoms with Gasteiger partial charge in [-0.15, -0.1) is 0 Å². The number of aryl methyl sites for hydroxylation is 1. The quantitative estimate of drug-likeness (QED) is 0.943. The number of aromatic amines is 1. The highest BCUT2D eigenvalue weighted by atomic mass is 16.5. The molecule has 0 bridgehead atoms. The Morgan fingerprint density at radius 1 is 1.35 bits per heavy atom. The fourth-order valence-electron chi connectivity index (χ4n) is 3.19. The van der Waals surface area contributed by atoms with Crippen molar-refractivity contribution in [3.8, 4) is 5.75 Å². The Hall–Kier alpha value is -2.30. The first-order valence-corrected chi connectivity index (χ1v) is 8.22. The summed E-state index contributed by atoms with van der Waals surface area (Å²) in [6.07, 6.45) is 1.92. The molecule has 0 saturated carbocycles. The van der Waals surface area contributed by atoms with E-state index in [0.717, 1.165) is 37.4 Å². The zero-order valence-corrected chi connectivity index (χ0v) is 13.7. The third-order valence-electron chi connectivity index (χ3n) is 4.37. The molecule has 2 aromatic rings. The molecule has 23 heavy (non-hydrogen) atoms. The summed E-state index contributed by atoms with van der Waals surface area (Å²) >= 11 is 0. The number of carbonyl (C=O) groups excluding carboxylic acids is 1. The number of H-pyrrole nitrogens is 1. The van der Waals surface area contributed by atoms with Crippen LogP contribution in [0.1, 0.15) is 47.4 Å². The number of likely N-dealkylation sites (tertiary alicyclic amines) is 1. The number of ether oxygens (including phenoxy) is 1. The molecule has 122 valence electrons. The molecule has 0 spiro atoms. The van der Waals surface area contributed by atoms with Gasteiger partial charge in [-0.05, 0) is 50.3 Å². The average molecular weight is 313 g/mol. The Morgan fingerprint density at radius 2 is 2.09 bits per heavy atom. The first-order chi connectivity index (χ1) is 11.2. The summed E-state index contributed by atoms with van der Waals surface area (Å²) in [6, 6.07) is 10.0. The number of carbonyl (C=O) groups is 1. The molecule has 1 aliphatic rings. The Kier molecular flexibility index (Phi) is 4.65. The monoisotopic (exact) mass is 313 g/mol. The molecule has 2 heterocycles. The van der Waals surface area contributed by atoms with Gasteiger partial charge >= 0.3 is 0 Å². The lowest BCUT2D eigenvalue weighted by Gasteiger charge is -2.32. The van der Waals surface area contributed by atoms with Gasteiger partial charge in [0.15, 0.2) is 0 Å². The highest BCUT2D eigenvalue weighted by molar-refractivity contribution is 5.92. The number of nitrogens with one attached hydrogen (secondary N) is 1. The molecule has 1 saturated heterocycles. The summed E-state index contributed by atoms with van der Waals surface area (Å²) in [7, 11) is 0. The van der Waals surface area contributed by atoms with Gasteiger partial charge in [0.1, 0.15) is 11.4 Å². The number of nitrogens with zero attached hydrogens (tertiary/aromatic N) is 2. The highest BCUT2D eigenvalue weighted by Crippen LogP contribution is 2.34. The lowest BCUT2D eigenvalue weighted by Crippen LogP contribution is -2.38. The van der Waals surface area contributed by atoms with Crippen molar-refractivity contribution < 1.29 is 9.53 Å². The maximum absolute atomic E-state index is 12.4. The maximum atomic E-state index is 12.4. The van der Waals surface area contributed by atoms with E-state index in [2.05, 4.69) is 22.3 Å². The SMILES string of the molecule is CCOc1ccccc1C1CCN(C(=O)c2cc(C)[nH]n2)CC1. The van der Waals surface area contributed by atoms with E-state index >= 15 is 0 Å². The molecular weight excluding hydrogens is 290 g/mol. The van der Waals surface area contributed by atoms with Crippen LogP contribution >= 0.6 is 0 Å². The number of benzene rings is 1. The fourth-order valence-corrected chi connectivity index (χ4v) is 3.19. The van der Waals surface area contributed by atoms with Gasteiger partial charge in [0.05, 0.1) is 6.61 Å². The lowest BCUT2D eigenvalue weighted by molar-refractivity contribution is 0.0706. The minimum atomic E-state index is 0.0193. The summed E-state index contributed by atoms with van der Waals surface area (Å²) < 4.78 is 5.74. The minimum Gasteiger partial charge on any atom is -0.494 e. The average Bonchev–Trinajstić information content (AvgIpc) is 3.02. The van der Waals surface area contributed by atoms with E-state index in [1.165, 1.54) is 5.56 Å². The van der Waals surface area contributed by atoms with Crippen LogP contribution in [0, 0.1) is 6.92 Å². The molecule has 1 N–H and O–H groups in total. The van der Waals surface area contributed by atoms with Gasteiger partial charge in [-0.25, -0.2) is 0 Å². The van der Waals surface area contributed by atoms with E-state index in [1.807, 2.05) is 30.9 Å². The number of rotatable bonds is 4. The summed E-state index contributed by atoms with van der Waals surface area (Å²) in [6.45, 7) is 6.10. The topological polar surface area (TPSA) is 58.2 Å². The van der Waals surface area contributed by atoms with Crippen LogP contribution < -0.4 is 4.74 Å². The van der Waals surface area contributed by atoms with E-state index in [1.54, 1.807) is 6.07 Å². The van der Waals surface area contributed by atoms with Gasteiger partial charge in [-0.2, -0.15) is 5.10 Å². The highest BCUT2D eigenvalue weighted by Gasteiger charge is 2.27. The first-order valence-electron chi connectivity index (χ1n) is 8.22. The molecule has 0 unspecified atom stereocenters. The predicted molar refractivity (Wildman–Crippen MR) is 88.8 cm³/mol. The summed E-state index contributed by atoms with van der Waals surface area (Å²) in [5.41, 5.74) is 2.68. The summed E-state index contributed by atoms with van der Waals surface area (Å²) in [5, 5.41) is 6.90. The molecule has 5 heteroatoms. The normalized spacial score (nSPS) is 15.7. The third-order valence-corrected chi connectivity index (χ3v) is 4.37. The number of hydrogen-bond donors (Lipinski definition) is 1. The van der Waals surface area contributed by atoms with Gasteiger partial charge < -0.3 is 9.64 Å². The van der Waals surface area contributed by atoms with Crippen LogP contribution in [0.5, 0.6) is 5.75 Å². The summed E-state index contributed by atoms with van der Waals surface area (Å²) in [5.74, 6) is 1.44. The van der Waals surface area contributed by atoms with Gasteiger partial charge in [-0.1, -0.05) is 18.2 Å². The molecule has 5 nitrogen and oxygen atoms in total. The third kappa shape index (κ3) is 3.38. The molecule has 1 aromatic heterocycles. The van der Waals surface area contributed by atoms with Crippen molar-refractivity contribution in [2.45, 2.75) is 32.6 Å². The molecule has 1 amide bonds. The van der Waals surface area contributed by atoms with Gasteiger partial charge in [-0.3, -0.25) is 9.89 Å². The van der Waals surface area contributed by atoms with Gasteiger partial charge in [0.25, 0.3) is 5.91 Å². The molecule has 0 radical (unpaired) electrons. The van der Waals surface area contributed by atoms with Crippen LogP contribution in [0.3, 0.4) is 0 Å². The second-order valence-electron chi connectivity index (χ2n) is 5.97. The van der Waals surface area contributed by atoms with Crippen molar-refractivity contribution >= 4 is 5.91 Å². The van der Waals surface area contributed by atoms with Crippen molar-refractivity contribution in [2.75, 3.05) is 19.7 Å². The number of aromatic nitrogens is 2. The van der Waals surface area contributed by atoms with E-state index < -0.39 is 0 Å². The van der Waals surface area contributed by atoms with Crippen LogP contribution in [0.25, 0.3) is 0 Å². The van der Waals surface area contributed by atoms with E-state index in [0.29, 0.717) is 18.2 Å². The van der Waals surface area contributed by atoms with Crippen LogP contribution in [0.2, 0.25) is 0 Å². The molecule has 0 atom stereocenters. The van der Waals surface area contributed by atoms with Crippen molar-refractivity contribution in [1.29, 1.82) is 0 Å². The first kappa shape index (κ1) is 15.6. The molecule has 1 aromatic carbocycles. The summed E-state index contributed by atoms with van der Waals surface area (Å²) in [4.78, 5) is 14.3. The second-order valence-corrected chi connectivity index (χ2v) is 5.97. The number of hydrogen-bond acceptors (Lipinski definition) is 3. The Bertz CT molecular complexity index is 672. The maximum Gasteiger partial charge on any atom is 0.274 e. The van der Waals surface area contributed by atoms with Crippen molar-refractivity contribution in [2.24, 2.45) is 0 Å². The Balaban J connectivity index is 1.66. The molecule has 0 aliphatic carbocycles. The zero-order chi connectivity index (χ0) is 16.2. The van der Waals surface area contributed by atoms with Crippen LogP contribution in [-0.4, -0.2) is 40.7 Å². The van der Waals surface area contributed by atoms with Crippen molar-refractivity contribution in [3.05, 3.63) is 47.3 Å². The number of piperidine rings is 1. The molecule has 1 aliphatic heterocycles. The van der Waals surface area contributed by atoms with Crippen LogP contribution in [-0.2, 0) is 0 Å². The smallest absolute Gasteiger partial charge is 0.274 e. The largest absolute Gasteiger partial charge is 0.494 e. The Labute approximate surface area is 136 Å². The van der Waals surface area contributed by atoms with Crippen molar-refractivity contribution in [3.63, 3.8) is 0 Å². The van der Waals surface area contributed by atoms with E-state index in [9.17, 15) is 4.79 Å². The predicted octanol–water partition coefficient (Wildman–Crippen LogP) is 3.14. The number of amides is 1. The van der Waals surface area contributed by atoms with E-state index in [-0.39, 0.29) is 5.91 Å². The number of para-hydroxylation sites is 1. The fraction of sp³-hybridized carbons (Fsp3) is 0.444. The van der Waals surface area contributed by atoms with Gasteiger partial charge in [0.2, 0.25) is 0 Å².